The lowest BCUT2D eigenvalue weighted by molar-refractivity contribution is -0.133. The van der Waals surface area contributed by atoms with Crippen LogP contribution < -0.4 is 0 Å². The van der Waals surface area contributed by atoms with Gasteiger partial charge in [0.25, 0.3) is 0 Å². The van der Waals surface area contributed by atoms with E-state index in [0.29, 0.717) is 10.7 Å². The molecule has 0 bridgehead atoms. The lowest BCUT2D eigenvalue weighted by Gasteiger charge is -2.06. The Morgan fingerprint density at radius 1 is 1.47 bits per heavy atom. The smallest absolute Gasteiger partial charge is 0.313 e. The van der Waals surface area contributed by atoms with Crippen LogP contribution in [0.2, 0.25) is 0 Å². The molecule has 1 heterocycles. The molecule has 5 nitrogen and oxygen atoms in total. The molecule has 0 amide bonds. The van der Waals surface area contributed by atoms with Gasteiger partial charge in [0.1, 0.15) is 0 Å². The van der Waals surface area contributed by atoms with Crippen LogP contribution in [0, 0.1) is 18.3 Å². The highest BCUT2D eigenvalue weighted by molar-refractivity contribution is 7.99. The summed E-state index contributed by atoms with van der Waals surface area (Å²) in [5.41, 5.74) is 2.25. The van der Waals surface area contributed by atoms with Crippen molar-refractivity contribution < 1.29 is 9.90 Å². The summed E-state index contributed by atoms with van der Waals surface area (Å²) in [5, 5.41) is 18.1. The van der Waals surface area contributed by atoms with Gasteiger partial charge in [0.05, 0.1) is 23.1 Å². The van der Waals surface area contributed by atoms with E-state index in [4.69, 9.17) is 10.4 Å². The van der Waals surface area contributed by atoms with Crippen LogP contribution in [0.25, 0.3) is 5.69 Å². The van der Waals surface area contributed by atoms with E-state index >= 15 is 0 Å². The molecule has 0 radical (unpaired) electrons. The van der Waals surface area contributed by atoms with E-state index < -0.39 is 5.97 Å². The van der Waals surface area contributed by atoms with Crippen LogP contribution >= 0.6 is 11.8 Å². The van der Waals surface area contributed by atoms with Gasteiger partial charge in [-0.15, -0.1) is 0 Å². The maximum Gasteiger partial charge on any atom is 0.313 e. The summed E-state index contributed by atoms with van der Waals surface area (Å²) in [5.74, 6) is -0.913. The van der Waals surface area contributed by atoms with Crippen molar-refractivity contribution >= 4 is 17.7 Å². The van der Waals surface area contributed by atoms with Crippen molar-refractivity contribution in [2.24, 2.45) is 0 Å². The highest BCUT2D eigenvalue weighted by Gasteiger charge is 2.10. The summed E-state index contributed by atoms with van der Waals surface area (Å²) in [7, 11) is 0. The number of aliphatic carboxylic acids is 1. The number of carboxylic acid groups (broad SMARTS) is 1. The number of hydrogen-bond donors (Lipinski definition) is 1. The van der Waals surface area contributed by atoms with Gasteiger partial charge in [-0.1, -0.05) is 11.8 Å². The largest absolute Gasteiger partial charge is 0.481 e. The van der Waals surface area contributed by atoms with Gasteiger partial charge >= 0.3 is 5.97 Å². The molecular weight excluding hydrogens is 262 g/mol. The van der Waals surface area contributed by atoms with Crippen molar-refractivity contribution in [2.45, 2.75) is 12.1 Å². The lowest BCUT2D eigenvalue weighted by atomic mass is 10.2. The number of thioether (sulfide) groups is 1. The van der Waals surface area contributed by atoms with Crippen molar-refractivity contribution in [2.75, 3.05) is 5.75 Å². The highest BCUT2D eigenvalue weighted by Crippen LogP contribution is 2.22. The zero-order valence-electron chi connectivity index (χ0n) is 10.2. The maximum absolute atomic E-state index is 10.6. The third-order valence-corrected chi connectivity index (χ3v) is 3.33. The first-order valence-electron chi connectivity index (χ1n) is 5.51. The average molecular weight is 273 g/mol. The summed E-state index contributed by atoms with van der Waals surface area (Å²) in [4.78, 5) is 14.9. The number of carboxylic acids is 1. The van der Waals surface area contributed by atoms with E-state index in [9.17, 15) is 4.79 Å². The van der Waals surface area contributed by atoms with E-state index in [0.717, 1.165) is 11.4 Å². The topological polar surface area (TPSA) is 78.9 Å². The van der Waals surface area contributed by atoms with Crippen LogP contribution in [-0.4, -0.2) is 26.4 Å². The fourth-order valence-corrected chi connectivity index (χ4v) is 2.34. The average Bonchev–Trinajstić information content (AvgIpc) is 2.78. The number of nitrogens with zero attached hydrogens (tertiary/aromatic N) is 3. The van der Waals surface area contributed by atoms with Gasteiger partial charge in [0.15, 0.2) is 5.16 Å². The number of carbonyl (C=O) groups is 1. The minimum absolute atomic E-state index is 0.0350. The molecule has 0 spiro atoms. The SMILES string of the molecule is Cc1cn(-c2ccc(C#N)cc2)c(SCC(=O)O)n1. The second-order valence-electron chi connectivity index (χ2n) is 3.88. The third kappa shape index (κ3) is 3.14. The predicted molar refractivity (Wildman–Crippen MR) is 71.4 cm³/mol. The Hall–Kier alpha value is -2.26. The van der Waals surface area contributed by atoms with Crippen molar-refractivity contribution in [3.63, 3.8) is 0 Å². The normalized spacial score (nSPS) is 10.1. The zero-order chi connectivity index (χ0) is 13.8. The van der Waals surface area contributed by atoms with Crippen LogP contribution in [-0.2, 0) is 4.79 Å². The number of nitriles is 1. The summed E-state index contributed by atoms with van der Waals surface area (Å²) in [6.45, 7) is 1.85. The molecule has 1 N–H and O–H groups in total. The van der Waals surface area contributed by atoms with Crippen LogP contribution in [0.15, 0.2) is 35.6 Å². The monoisotopic (exact) mass is 273 g/mol. The molecule has 0 unspecified atom stereocenters. The molecule has 0 saturated carbocycles. The molecule has 0 saturated heterocycles. The Balaban J connectivity index is 2.32. The van der Waals surface area contributed by atoms with E-state index in [2.05, 4.69) is 11.1 Å². The van der Waals surface area contributed by atoms with Crippen molar-refractivity contribution in [3.8, 4) is 11.8 Å². The molecule has 2 aromatic rings. The fraction of sp³-hybridized carbons (Fsp3) is 0.154. The van der Waals surface area contributed by atoms with Gasteiger partial charge in [-0.05, 0) is 31.2 Å². The number of rotatable bonds is 4. The number of hydrogen-bond acceptors (Lipinski definition) is 4. The van der Waals surface area contributed by atoms with Gasteiger partial charge < -0.3 is 5.11 Å². The lowest BCUT2D eigenvalue weighted by Crippen LogP contribution is -2.01. The van der Waals surface area contributed by atoms with E-state index in [1.807, 2.05) is 29.8 Å². The first-order valence-corrected chi connectivity index (χ1v) is 6.50. The molecule has 1 aromatic carbocycles. The Labute approximate surface area is 114 Å². The summed E-state index contributed by atoms with van der Waals surface area (Å²) >= 11 is 1.17. The molecule has 2 rings (SSSR count). The molecule has 96 valence electrons. The number of aryl methyl sites for hydroxylation is 1. The molecule has 1 aromatic heterocycles. The molecule has 6 heteroatoms. The number of benzene rings is 1. The molecular formula is C13H11N3O2S. The highest BCUT2D eigenvalue weighted by atomic mass is 32.2. The zero-order valence-corrected chi connectivity index (χ0v) is 11.0. The van der Waals surface area contributed by atoms with E-state index in [1.54, 1.807) is 12.1 Å². The van der Waals surface area contributed by atoms with Crippen molar-refractivity contribution in [1.29, 1.82) is 5.26 Å². The van der Waals surface area contributed by atoms with Crippen LogP contribution in [0.3, 0.4) is 0 Å². The van der Waals surface area contributed by atoms with Gasteiger partial charge in [-0.25, -0.2) is 4.98 Å². The molecule has 0 aliphatic carbocycles. The standard InChI is InChI=1S/C13H11N3O2S/c1-9-7-16(13(15-9)19-8-12(17)18)11-4-2-10(6-14)3-5-11/h2-5,7H,8H2,1H3,(H,17,18). The Kier molecular flexibility index (Phi) is 3.88. The Bertz CT molecular complexity index is 641. The van der Waals surface area contributed by atoms with Gasteiger partial charge in [0.2, 0.25) is 0 Å². The summed E-state index contributed by atoms with van der Waals surface area (Å²) in [6.07, 6.45) is 1.84. The molecule has 0 atom stereocenters. The molecule has 0 aliphatic rings. The molecule has 0 aliphatic heterocycles. The third-order valence-electron chi connectivity index (χ3n) is 2.39. The quantitative estimate of drug-likeness (QED) is 0.864. The first kappa shape index (κ1) is 13.2. The maximum atomic E-state index is 10.6. The summed E-state index contributed by atoms with van der Waals surface area (Å²) in [6, 6.07) is 9.11. The Morgan fingerprint density at radius 2 is 2.16 bits per heavy atom. The molecule has 19 heavy (non-hydrogen) atoms. The van der Waals surface area contributed by atoms with Gasteiger partial charge in [0, 0.05) is 11.9 Å². The minimum Gasteiger partial charge on any atom is -0.481 e. The Morgan fingerprint density at radius 3 is 2.74 bits per heavy atom. The van der Waals surface area contributed by atoms with E-state index in [-0.39, 0.29) is 5.75 Å². The second-order valence-corrected chi connectivity index (χ2v) is 4.82. The van der Waals surface area contributed by atoms with E-state index in [1.165, 1.54) is 11.8 Å². The molecule has 0 fully saturated rings. The fourth-order valence-electron chi connectivity index (χ4n) is 1.59. The van der Waals surface area contributed by atoms with Crippen molar-refractivity contribution in [1.82, 2.24) is 9.55 Å². The van der Waals surface area contributed by atoms with Crippen LogP contribution in [0.4, 0.5) is 0 Å². The van der Waals surface area contributed by atoms with Crippen LogP contribution in [0.5, 0.6) is 0 Å². The minimum atomic E-state index is -0.878. The van der Waals surface area contributed by atoms with Gasteiger partial charge in [-0.2, -0.15) is 5.26 Å². The van der Waals surface area contributed by atoms with Crippen LogP contribution in [0.1, 0.15) is 11.3 Å². The number of imidazole rings is 1. The first-order chi connectivity index (χ1) is 9.10. The van der Waals surface area contributed by atoms with Gasteiger partial charge in [-0.3, -0.25) is 9.36 Å². The van der Waals surface area contributed by atoms with Crippen molar-refractivity contribution in [3.05, 3.63) is 41.7 Å². The number of aromatic nitrogens is 2. The predicted octanol–water partition coefficient (Wildman–Crippen LogP) is 2.23. The summed E-state index contributed by atoms with van der Waals surface area (Å²) < 4.78 is 1.82. The second kappa shape index (κ2) is 5.59.